The van der Waals surface area contributed by atoms with Crippen LogP contribution in [-0.2, 0) is 27.7 Å². The maximum Gasteiger partial charge on any atom is 0.270 e. The van der Waals surface area contributed by atoms with E-state index < -0.39 is 21.3 Å². The summed E-state index contributed by atoms with van der Waals surface area (Å²) in [5, 5.41) is 3.23. The Labute approximate surface area is 191 Å². The van der Waals surface area contributed by atoms with Crippen molar-refractivity contribution in [2.75, 3.05) is 7.11 Å². The van der Waals surface area contributed by atoms with Crippen molar-refractivity contribution in [2.45, 2.75) is 36.7 Å². The van der Waals surface area contributed by atoms with Crippen LogP contribution in [0.4, 0.5) is 0 Å². The predicted molar refractivity (Wildman–Crippen MR) is 122 cm³/mol. The van der Waals surface area contributed by atoms with Gasteiger partial charge in [-0.3, -0.25) is 9.59 Å². The lowest BCUT2D eigenvalue weighted by atomic mass is 10.2. The van der Waals surface area contributed by atoms with Gasteiger partial charge in [-0.1, -0.05) is 29.8 Å². The van der Waals surface area contributed by atoms with Crippen LogP contribution in [0, 0.1) is 13.8 Å². The van der Waals surface area contributed by atoms with E-state index >= 15 is 0 Å². The molecule has 0 atom stereocenters. The van der Waals surface area contributed by atoms with Crippen molar-refractivity contribution in [1.29, 1.82) is 0 Å². The second kappa shape index (κ2) is 9.58. The zero-order chi connectivity index (χ0) is 23.5. The molecule has 32 heavy (non-hydrogen) atoms. The molecule has 7 nitrogen and oxygen atoms in total. The Morgan fingerprint density at radius 3 is 2.38 bits per heavy atom. The van der Waals surface area contributed by atoms with Crippen LogP contribution in [-0.4, -0.2) is 26.0 Å². The van der Waals surface area contributed by atoms with E-state index in [-0.39, 0.29) is 22.9 Å². The summed E-state index contributed by atoms with van der Waals surface area (Å²) in [6.45, 7) is 3.09. The molecular formula is C23H23ClN2O5S. The first-order valence-electron chi connectivity index (χ1n) is 9.75. The Hall–Kier alpha value is -3.10. The summed E-state index contributed by atoms with van der Waals surface area (Å²) >= 11 is 6.10. The number of aromatic nitrogens is 1. The molecule has 0 fully saturated rings. The topological polar surface area (TPSA) is 94.5 Å². The lowest BCUT2D eigenvalue weighted by molar-refractivity contribution is -0.121. The van der Waals surface area contributed by atoms with Gasteiger partial charge in [0, 0.05) is 17.3 Å². The number of aryl methyl sites for hydroxylation is 2. The van der Waals surface area contributed by atoms with Crippen molar-refractivity contribution in [2.24, 2.45) is 0 Å². The van der Waals surface area contributed by atoms with Gasteiger partial charge in [0.15, 0.2) is 0 Å². The maximum absolute atomic E-state index is 13.2. The third-order valence-corrected chi connectivity index (χ3v) is 7.32. The number of pyridine rings is 1. The summed E-state index contributed by atoms with van der Waals surface area (Å²) in [6, 6.07) is 14.5. The first kappa shape index (κ1) is 23.6. The zero-order valence-electron chi connectivity index (χ0n) is 17.9. The molecule has 1 amide bonds. The molecule has 2 aromatic carbocycles. The number of methoxy groups -OCH3 is 1. The van der Waals surface area contributed by atoms with Crippen LogP contribution in [0.3, 0.4) is 0 Å². The van der Waals surface area contributed by atoms with Crippen molar-refractivity contribution >= 4 is 27.3 Å². The molecule has 0 unspecified atom stereocenters. The molecule has 168 valence electrons. The van der Waals surface area contributed by atoms with Gasteiger partial charge in [0.05, 0.1) is 12.0 Å². The average molecular weight is 475 g/mol. The van der Waals surface area contributed by atoms with Gasteiger partial charge in [-0.05, 0) is 61.4 Å². The molecule has 0 saturated carbocycles. The Bertz CT molecular complexity index is 1320. The lowest BCUT2D eigenvalue weighted by Gasteiger charge is -2.15. The summed E-state index contributed by atoms with van der Waals surface area (Å²) in [5.74, 6) is 0.0592. The SMILES string of the molecule is COc1ccc(S(=O)(=O)c2c(C)cc(C)n(CC(=O)NCc3ccccc3Cl)c2=O)cc1. The number of sulfone groups is 1. The van der Waals surface area contributed by atoms with E-state index in [1.807, 2.05) is 0 Å². The minimum atomic E-state index is -4.10. The Morgan fingerprint density at radius 2 is 1.75 bits per heavy atom. The number of rotatable bonds is 7. The second-order valence-electron chi connectivity index (χ2n) is 7.24. The summed E-state index contributed by atoms with van der Waals surface area (Å²) in [4.78, 5) is 25.3. The van der Waals surface area contributed by atoms with Gasteiger partial charge in [0.1, 0.15) is 17.2 Å². The van der Waals surface area contributed by atoms with Crippen molar-refractivity contribution in [1.82, 2.24) is 9.88 Å². The van der Waals surface area contributed by atoms with E-state index in [4.69, 9.17) is 16.3 Å². The maximum atomic E-state index is 13.2. The summed E-state index contributed by atoms with van der Waals surface area (Å²) in [5.41, 5.74) is 0.787. The minimum absolute atomic E-state index is 0.0305. The number of carbonyl (C=O) groups is 1. The Balaban J connectivity index is 1.91. The lowest BCUT2D eigenvalue weighted by Crippen LogP contribution is -2.35. The molecule has 9 heteroatoms. The molecule has 0 spiro atoms. The highest BCUT2D eigenvalue weighted by Gasteiger charge is 2.26. The van der Waals surface area contributed by atoms with Crippen LogP contribution in [0.2, 0.25) is 5.02 Å². The summed E-state index contributed by atoms with van der Waals surface area (Å²) in [6.07, 6.45) is 0. The van der Waals surface area contributed by atoms with E-state index in [9.17, 15) is 18.0 Å². The first-order chi connectivity index (χ1) is 15.1. The highest BCUT2D eigenvalue weighted by Crippen LogP contribution is 2.24. The van der Waals surface area contributed by atoms with Crippen LogP contribution < -0.4 is 15.6 Å². The molecular weight excluding hydrogens is 452 g/mol. The molecule has 0 bridgehead atoms. The van der Waals surface area contributed by atoms with Crippen LogP contribution in [0.15, 0.2) is 69.2 Å². The molecule has 3 rings (SSSR count). The normalized spacial score (nSPS) is 11.2. The van der Waals surface area contributed by atoms with Crippen LogP contribution >= 0.6 is 11.6 Å². The van der Waals surface area contributed by atoms with Gasteiger partial charge in [0.2, 0.25) is 15.7 Å². The van der Waals surface area contributed by atoms with Crippen molar-refractivity contribution < 1.29 is 17.9 Å². The number of nitrogens with one attached hydrogen (secondary N) is 1. The quantitative estimate of drug-likeness (QED) is 0.567. The monoisotopic (exact) mass is 474 g/mol. The molecule has 3 aromatic rings. The highest BCUT2D eigenvalue weighted by atomic mass is 35.5. The molecule has 1 aromatic heterocycles. The van der Waals surface area contributed by atoms with Crippen molar-refractivity contribution in [3.05, 3.63) is 86.8 Å². The standard InChI is InChI=1S/C23H23ClN2O5S/c1-15-12-16(2)26(14-21(27)25-13-17-6-4-5-7-20(17)24)23(28)22(15)32(29,30)19-10-8-18(31-3)9-11-19/h4-12H,13-14H2,1-3H3,(H,25,27). The summed E-state index contributed by atoms with van der Waals surface area (Å²) < 4.78 is 32.6. The van der Waals surface area contributed by atoms with E-state index in [2.05, 4.69) is 5.32 Å². The summed E-state index contributed by atoms with van der Waals surface area (Å²) in [7, 11) is -2.62. The van der Waals surface area contributed by atoms with Crippen molar-refractivity contribution in [3.63, 3.8) is 0 Å². The fraction of sp³-hybridized carbons (Fsp3) is 0.217. The van der Waals surface area contributed by atoms with Crippen LogP contribution in [0.25, 0.3) is 0 Å². The number of ether oxygens (including phenoxy) is 1. The third kappa shape index (κ3) is 4.87. The Kier molecular flexibility index (Phi) is 7.06. The number of hydrogen-bond donors (Lipinski definition) is 1. The molecule has 0 aliphatic rings. The van der Waals surface area contributed by atoms with Gasteiger partial charge >= 0.3 is 0 Å². The zero-order valence-corrected chi connectivity index (χ0v) is 19.5. The van der Waals surface area contributed by atoms with E-state index in [0.29, 0.717) is 22.0 Å². The van der Waals surface area contributed by atoms with Gasteiger partial charge in [-0.15, -0.1) is 0 Å². The Morgan fingerprint density at radius 1 is 1.09 bits per heavy atom. The van der Waals surface area contributed by atoms with Crippen LogP contribution in [0.1, 0.15) is 16.8 Å². The van der Waals surface area contributed by atoms with Crippen molar-refractivity contribution in [3.8, 4) is 5.75 Å². The molecule has 1 heterocycles. The number of nitrogens with zero attached hydrogens (tertiary/aromatic N) is 1. The van der Waals surface area contributed by atoms with Gasteiger partial charge < -0.3 is 14.6 Å². The first-order valence-corrected chi connectivity index (χ1v) is 11.6. The molecule has 0 aliphatic heterocycles. The average Bonchev–Trinajstić information content (AvgIpc) is 2.75. The number of halogens is 1. The molecule has 1 N–H and O–H groups in total. The molecule has 0 saturated heterocycles. The predicted octanol–water partition coefficient (Wildman–Crippen LogP) is 3.28. The minimum Gasteiger partial charge on any atom is -0.497 e. The number of carbonyl (C=O) groups excluding carboxylic acids is 1. The number of amides is 1. The number of hydrogen-bond acceptors (Lipinski definition) is 5. The highest BCUT2D eigenvalue weighted by molar-refractivity contribution is 7.91. The van der Waals surface area contributed by atoms with E-state index in [1.165, 1.54) is 31.4 Å². The molecule has 0 aliphatic carbocycles. The smallest absolute Gasteiger partial charge is 0.270 e. The third-order valence-electron chi connectivity index (χ3n) is 5.02. The fourth-order valence-corrected chi connectivity index (χ4v) is 5.09. The van der Waals surface area contributed by atoms with E-state index in [1.54, 1.807) is 44.2 Å². The van der Waals surface area contributed by atoms with Gasteiger partial charge in [-0.2, -0.15) is 0 Å². The fourth-order valence-electron chi connectivity index (χ4n) is 3.34. The second-order valence-corrected chi connectivity index (χ2v) is 9.53. The van der Waals surface area contributed by atoms with Gasteiger partial charge in [0.25, 0.3) is 5.56 Å². The molecule has 0 radical (unpaired) electrons. The van der Waals surface area contributed by atoms with Crippen LogP contribution in [0.5, 0.6) is 5.75 Å². The van der Waals surface area contributed by atoms with Gasteiger partial charge in [-0.25, -0.2) is 8.42 Å². The van der Waals surface area contributed by atoms with E-state index in [0.717, 1.165) is 10.1 Å². The number of benzene rings is 2. The largest absolute Gasteiger partial charge is 0.497 e.